The molecule has 2 aromatic carbocycles. The second-order valence-electron chi connectivity index (χ2n) is 6.83. The molecular weight excluding hydrogens is 392 g/mol. The van der Waals surface area contributed by atoms with E-state index in [1.165, 1.54) is 0 Å². The van der Waals surface area contributed by atoms with Crippen LogP contribution in [-0.2, 0) is 9.53 Å². The number of ether oxygens (including phenoxy) is 2. The topological polar surface area (TPSA) is 94.4 Å². The van der Waals surface area contributed by atoms with Crippen molar-refractivity contribution >= 4 is 28.5 Å². The van der Waals surface area contributed by atoms with Crippen LogP contribution in [0, 0.1) is 6.92 Å². The zero-order valence-corrected chi connectivity index (χ0v) is 16.7. The minimum absolute atomic E-state index is 0.0825. The number of halogens is 1. The Kier molecular flexibility index (Phi) is 4.80. The summed E-state index contributed by atoms with van der Waals surface area (Å²) in [6.45, 7) is 3.80. The average molecular weight is 411 g/mol. The van der Waals surface area contributed by atoms with Crippen LogP contribution in [0.3, 0.4) is 0 Å². The lowest BCUT2D eigenvalue weighted by atomic mass is 9.83. The van der Waals surface area contributed by atoms with Crippen molar-refractivity contribution in [1.29, 1.82) is 0 Å². The molecule has 29 heavy (non-hydrogen) atoms. The highest BCUT2D eigenvalue weighted by Gasteiger charge is 2.38. The summed E-state index contributed by atoms with van der Waals surface area (Å²) in [5.41, 5.74) is 8.45. The second-order valence-corrected chi connectivity index (χ2v) is 7.27. The monoisotopic (exact) mass is 410 g/mol. The molecule has 2 heterocycles. The van der Waals surface area contributed by atoms with E-state index in [4.69, 9.17) is 26.8 Å². The molecule has 0 bridgehead atoms. The van der Waals surface area contributed by atoms with Crippen LogP contribution >= 0.6 is 11.6 Å². The van der Waals surface area contributed by atoms with E-state index in [2.05, 4.69) is 4.98 Å². The van der Waals surface area contributed by atoms with Crippen molar-refractivity contribution in [3.63, 3.8) is 0 Å². The predicted octanol–water partition coefficient (Wildman–Crippen LogP) is 3.75. The van der Waals surface area contributed by atoms with Gasteiger partial charge in [0.05, 0.1) is 23.6 Å². The number of aromatic nitrogens is 1. The first-order chi connectivity index (χ1) is 13.9. The van der Waals surface area contributed by atoms with E-state index in [9.17, 15) is 9.59 Å². The minimum atomic E-state index is -0.773. The maximum atomic E-state index is 13.1. The van der Waals surface area contributed by atoms with Crippen molar-refractivity contribution in [2.24, 2.45) is 5.73 Å². The van der Waals surface area contributed by atoms with Gasteiger partial charge >= 0.3 is 5.97 Å². The van der Waals surface area contributed by atoms with Crippen LogP contribution < -0.4 is 16.0 Å². The van der Waals surface area contributed by atoms with Crippen molar-refractivity contribution in [3.05, 3.63) is 86.0 Å². The summed E-state index contributed by atoms with van der Waals surface area (Å²) < 4.78 is 11.0. The number of esters is 1. The molecule has 6 nitrogen and oxygen atoms in total. The normalized spacial score (nSPS) is 15.8. The van der Waals surface area contributed by atoms with Gasteiger partial charge in [-0.1, -0.05) is 35.4 Å². The Morgan fingerprint density at radius 1 is 1.28 bits per heavy atom. The summed E-state index contributed by atoms with van der Waals surface area (Å²) in [4.78, 5) is 28.7. The van der Waals surface area contributed by atoms with Gasteiger partial charge in [0.25, 0.3) is 5.56 Å². The van der Waals surface area contributed by atoms with Gasteiger partial charge in [0, 0.05) is 10.4 Å². The summed E-state index contributed by atoms with van der Waals surface area (Å²) in [7, 11) is 0. The second kappa shape index (κ2) is 7.29. The highest BCUT2D eigenvalue weighted by Crippen LogP contribution is 2.44. The number of pyridine rings is 1. The summed E-state index contributed by atoms with van der Waals surface area (Å²) >= 11 is 6.19. The fourth-order valence-corrected chi connectivity index (χ4v) is 3.86. The van der Waals surface area contributed by atoms with Crippen LogP contribution in [0.25, 0.3) is 10.9 Å². The molecule has 1 aromatic heterocycles. The molecule has 7 heteroatoms. The van der Waals surface area contributed by atoms with E-state index >= 15 is 0 Å². The zero-order chi connectivity index (χ0) is 20.7. The van der Waals surface area contributed by atoms with Gasteiger partial charge in [-0.3, -0.25) is 4.79 Å². The number of rotatable bonds is 3. The smallest absolute Gasteiger partial charge is 0.340 e. The lowest BCUT2D eigenvalue weighted by Gasteiger charge is -2.28. The van der Waals surface area contributed by atoms with Crippen LogP contribution in [0.15, 0.2) is 58.7 Å². The maximum absolute atomic E-state index is 13.1. The van der Waals surface area contributed by atoms with Crippen molar-refractivity contribution in [2.75, 3.05) is 6.61 Å². The highest BCUT2D eigenvalue weighted by molar-refractivity contribution is 6.30. The molecule has 0 radical (unpaired) electrons. The molecule has 3 aromatic rings. The number of nitrogens with one attached hydrogen (secondary N) is 1. The molecule has 0 amide bonds. The molecule has 148 valence electrons. The van der Waals surface area contributed by atoms with Gasteiger partial charge in [-0.25, -0.2) is 4.79 Å². The fourth-order valence-electron chi connectivity index (χ4n) is 3.66. The van der Waals surface area contributed by atoms with E-state index in [0.717, 1.165) is 5.56 Å². The largest absolute Gasteiger partial charge is 0.462 e. The number of hydrogen-bond acceptors (Lipinski definition) is 5. The Hall–Kier alpha value is -3.25. The number of aromatic amines is 1. The molecule has 0 saturated carbocycles. The number of hydrogen-bond donors (Lipinski definition) is 2. The first kappa shape index (κ1) is 19.1. The van der Waals surface area contributed by atoms with Crippen LogP contribution in [-0.4, -0.2) is 17.6 Å². The molecule has 0 fully saturated rings. The first-order valence-corrected chi connectivity index (χ1v) is 9.55. The van der Waals surface area contributed by atoms with Gasteiger partial charge in [-0.05, 0) is 43.7 Å². The van der Waals surface area contributed by atoms with E-state index in [1.807, 2.05) is 25.1 Å². The van der Waals surface area contributed by atoms with Crippen LogP contribution in [0.5, 0.6) is 5.75 Å². The summed E-state index contributed by atoms with van der Waals surface area (Å²) in [5.74, 6) is -1.16. The third kappa shape index (κ3) is 3.25. The van der Waals surface area contributed by atoms with Gasteiger partial charge in [0.2, 0.25) is 5.88 Å². The van der Waals surface area contributed by atoms with Crippen LogP contribution in [0.4, 0.5) is 0 Å². The number of fused-ring (bicyclic) bond motifs is 3. The number of benzene rings is 2. The van der Waals surface area contributed by atoms with Gasteiger partial charge in [-0.15, -0.1) is 0 Å². The SMILES string of the molecule is CCOC(=O)C1=C(N)Oc2c(c(=O)[nH]c3ccc(C)cc23)C1c1cccc(Cl)c1. The average Bonchev–Trinajstić information content (AvgIpc) is 2.68. The molecule has 3 N–H and O–H groups in total. The van der Waals surface area contributed by atoms with E-state index in [0.29, 0.717) is 32.8 Å². The van der Waals surface area contributed by atoms with Gasteiger partial charge in [0.1, 0.15) is 11.3 Å². The van der Waals surface area contributed by atoms with Crippen molar-refractivity contribution < 1.29 is 14.3 Å². The molecule has 4 rings (SSSR count). The predicted molar refractivity (Wildman–Crippen MR) is 111 cm³/mol. The number of aryl methyl sites for hydroxylation is 1. The Morgan fingerprint density at radius 2 is 2.07 bits per heavy atom. The highest BCUT2D eigenvalue weighted by atomic mass is 35.5. The van der Waals surface area contributed by atoms with Gasteiger partial charge in [0.15, 0.2) is 0 Å². The van der Waals surface area contributed by atoms with Crippen LogP contribution in [0.1, 0.15) is 29.5 Å². The minimum Gasteiger partial charge on any atom is -0.462 e. The summed E-state index contributed by atoms with van der Waals surface area (Å²) in [6.07, 6.45) is 0. The lowest BCUT2D eigenvalue weighted by molar-refractivity contribution is -0.139. The Labute approximate surface area is 171 Å². The van der Waals surface area contributed by atoms with Crippen LogP contribution in [0.2, 0.25) is 5.02 Å². The van der Waals surface area contributed by atoms with Gasteiger partial charge in [-0.2, -0.15) is 0 Å². The van der Waals surface area contributed by atoms with E-state index < -0.39 is 11.9 Å². The quantitative estimate of drug-likeness (QED) is 0.641. The van der Waals surface area contributed by atoms with Crippen molar-refractivity contribution in [2.45, 2.75) is 19.8 Å². The Balaban J connectivity index is 2.06. The molecule has 1 atom stereocenters. The van der Waals surface area contributed by atoms with Gasteiger partial charge < -0.3 is 20.2 Å². The number of nitrogens with two attached hydrogens (primary N) is 1. The first-order valence-electron chi connectivity index (χ1n) is 9.17. The van der Waals surface area contributed by atoms with E-state index in [1.54, 1.807) is 31.2 Å². The lowest BCUT2D eigenvalue weighted by Crippen LogP contribution is -2.32. The molecule has 0 saturated heterocycles. The molecule has 0 aliphatic carbocycles. The molecule has 1 unspecified atom stereocenters. The number of H-pyrrole nitrogens is 1. The van der Waals surface area contributed by atoms with E-state index in [-0.39, 0.29) is 23.6 Å². The zero-order valence-electron chi connectivity index (χ0n) is 15.9. The summed E-state index contributed by atoms with van der Waals surface area (Å²) in [5, 5.41) is 1.18. The third-order valence-corrected chi connectivity index (χ3v) is 5.12. The Morgan fingerprint density at radius 3 is 2.79 bits per heavy atom. The summed E-state index contributed by atoms with van der Waals surface area (Å²) in [6, 6.07) is 12.6. The van der Waals surface area contributed by atoms with Crippen molar-refractivity contribution in [1.82, 2.24) is 4.98 Å². The fraction of sp³-hybridized carbons (Fsp3) is 0.182. The third-order valence-electron chi connectivity index (χ3n) is 4.89. The number of carbonyl (C=O) groups excluding carboxylic acids is 1. The number of carbonyl (C=O) groups is 1. The molecule has 1 aliphatic rings. The standard InChI is InChI=1S/C22H19ClN2O4/c1-3-28-22(27)18-16(12-5-4-6-13(23)10-12)17-19(29-20(18)24)14-9-11(2)7-8-15(14)25-21(17)26/h4-10,16H,3,24H2,1-2H3,(H,25,26). The molecule has 0 spiro atoms. The molecular formula is C22H19ClN2O4. The maximum Gasteiger partial charge on any atom is 0.340 e. The molecule has 1 aliphatic heterocycles. The van der Waals surface area contributed by atoms with Crippen molar-refractivity contribution in [3.8, 4) is 5.75 Å². The Bertz CT molecular complexity index is 1230.